The Morgan fingerprint density at radius 2 is 1.60 bits per heavy atom. The molecule has 1 fully saturated rings. The van der Waals surface area contributed by atoms with Gasteiger partial charge in [0.2, 0.25) is 11.7 Å². The van der Waals surface area contributed by atoms with Crippen LogP contribution in [0.3, 0.4) is 0 Å². The number of nitrogens with zero attached hydrogens (tertiary/aromatic N) is 1. The van der Waals surface area contributed by atoms with Crippen molar-refractivity contribution in [1.29, 1.82) is 0 Å². The summed E-state index contributed by atoms with van der Waals surface area (Å²) in [5, 5.41) is 2.96. The van der Waals surface area contributed by atoms with Crippen LogP contribution in [0.4, 0.5) is 5.69 Å². The van der Waals surface area contributed by atoms with E-state index in [-0.39, 0.29) is 24.3 Å². The van der Waals surface area contributed by atoms with Gasteiger partial charge in [-0.05, 0) is 45.0 Å². The second-order valence-electron chi connectivity index (χ2n) is 6.82. The van der Waals surface area contributed by atoms with E-state index in [0.717, 1.165) is 5.69 Å². The predicted octanol–water partition coefficient (Wildman–Crippen LogP) is 3.42. The number of rotatable bonds is 9. The van der Waals surface area contributed by atoms with Gasteiger partial charge in [0.1, 0.15) is 0 Å². The van der Waals surface area contributed by atoms with Gasteiger partial charge in [0, 0.05) is 24.2 Å². The highest BCUT2D eigenvalue weighted by Gasteiger charge is 2.32. The molecule has 2 amide bonds. The highest BCUT2D eigenvalue weighted by atomic mass is 16.5. The van der Waals surface area contributed by atoms with Crippen LogP contribution in [0.5, 0.6) is 17.2 Å². The summed E-state index contributed by atoms with van der Waals surface area (Å²) in [5.41, 5.74) is 1.23. The molecule has 1 atom stereocenters. The second-order valence-corrected chi connectivity index (χ2v) is 6.82. The third-order valence-electron chi connectivity index (χ3n) is 4.70. The fourth-order valence-corrected chi connectivity index (χ4v) is 3.45. The van der Waals surface area contributed by atoms with E-state index in [4.69, 9.17) is 14.2 Å². The standard InChI is InChI=1S/C23H28N2O5/c1-4-28-19-12-16(13-20(29-5-2)22(19)30-6-3)23(27)24-17-14-21(26)25(15-17)18-10-8-7-9-11-18/h7-13,17H,4-6,14-15H2,1-3H3,(H,24,27)/t17-/m1/s1. The molecule has 2 aromatic rings. The third-order valence-corrected chi connectivity index (χ3v) is 4.70. The molecule has 0 aliphatic carbocycles. The molecule has 0 aromatic heterocycles. The Morgan fingerprint density at radius 3 is 2.17 bits per heavy atom. The zero-order valence-electron chi connectivity index (χ0n) is 17.6. The molecule has 1 aliphatic heterocycles. The molecule has 0 saturated carbocycles. The summed E-state index contributed by atoms with van der Waals surface area (Å²) in [6, 6.07) is 12.5. The van der Waals surface area contributed by atoms with Crippen LogP contribution in [-0.2, 0) is 4.79 Å². The van der Waals surface area contributed by atoms with Crippen LogP contribution < -0.4 is 24.4 Å². The van der Waals surface area contributed by atoms with Crippen LogP contribution in [-0.4, -0.2) is 44.2 Å². The van der Waals surface area contributed by atoms with Crippen LogP contribution in [0.1, 0.15) is 37.6 Å². The van der Waals surface area contributed by atoms with Crippen LogP contribution in [0.2, 0.25) is 0 Å². The van der Waals surface area contributed by atoms with Crippen molar-refractivity contribution in [1.82, 2.24) is 5.32 Å². The van der Waals surface area contributed by atoms with Crippen molar-refractivity contribution < 1.29 is 23.8 Å². The van der Waals surface area contributed by atoms with Gasteiger partial charge < -0.3 is 24.4 Å². The molecule has 0 radical (unpaired) electrons. The molecular formula is C23H28N2O5. The number of carbonyl (C=O) groups is 2. The van der Waals surface area contributed by atoms with Gasteiger partial charge in [-0.25, -0.2) is 0 Å². The van der Waals surface area contributed by atoms with Gasteiger partial charge in [-0.3, -0.25) is 9.59 Å². The van der Waals surface area contributed by atoms with Crippen molar-refractivity contribution in [2.45, 2.75) is 33.2 Å². The fraction of sp³-hybridized carbons (Fsp3) is 0.391. The highest BCUT2D eigenvalue weighted by Crippen LogP contribution is 2.39. The molecule has 0 spiro atoms. The van der Waals surface area contributed by atoms with Crippen LogP contribution in [0, 0.1) is 0 Å². The highest BCUT2D eigenvalue weighted by molar-refractivity contribution is 5.99. The normalized spacial score (nSPS) is 15.8. The van der Waals surface area contributed by atoms with E-state index in [9.17, 15) is 9.59 Å². The Hall–Kier alpha value is -3.22. The first-order chi connectivity index (χ1) is 14.6. The minimum Gasteiger partial charge on any atom is -0.490 e. The summed E-state index contributed by atoms with van der Waals surface area (Å²) < 4.78 is 17.0. The third kappa shape index (κ3) is 4.84. The molecule has 1 heterocycles. The minimum absolute atomic E-state index is 0.0109. The Labute approximate surface area is 176 Å². The van der Waals surface area contributed by atoms with E-state index in [1.807, 2.05) is 51.1 Å². The lowest BCUT2D eigenvalue weighted by Gasteiger charge is -2.19. The number of amides is 2. The molecule has 7 nitrogen and oxygen atoms in total. The van der Waals surface area contributed by atoms with Gasteiger partial charge in [0.15, 0.2) is 11.5 Å². The Morgan fingerprint density at radius 1 is 1.00 bits per heavy atom. The number of hydrogen-bond acceptors (Lipinski definition) is 5. The van der Waals surface area contributed by atoms with Crippen molar-refractivity contribution >= 4 is 17.5 Å². The van der Waals surface area contributed by atoms with Crippen molar-refractivity contribution in [2.75, 3.05) is 31.3 Å². The van der Waals surface area contributed by atoms with Gasteiger partial charge in [-0.15, -0.1) is 0 Å². The summed E-state index contributed by atoms with van der Waals surface area (Å²) in [6.45, 7) is 7.35. The van der Waals surface area contributed by atoms with Gasteiger partial charge in [-0.2, -0.15) is 0 Å². The maximum absolute atomic E-state index is 12.9. The molecule has 3 rings (SSSR count). The lowest BCUT2D eigenvalue weighted by atomic mass is 10.1. The van der Waals surface area contributed by atoms with E-state index in [1.54, 1.807) is 17.0 Å². The molecule has 7 heteroatoms. The fourth-order valence-electron chi connectivity index (χ4n) is 3.45. The lowest BCUT2D eigenvalue weighted by molar-refractivity contribution is -0.117. The molecule has 0 bridgehead atoms. The number of para-hydroxylation sites is 1. The molecule has 1 N–H and O–H groups in total. The van der Waals surface area contributed by atoms with Gasteiger partial charge in [0.05, 0.1) is 25.9 Å². The summed E-state index contributed by atoms with van der Waals surface area (Å²) in [5.74, 6) is 1.12. The Kier molecular flexibility index (Phi) is 7.17. The zero-order valence-corrected chi connectivity index (χ0v) is 17.6. The molecule has 160 valence electrons. The van der Waals surface area contributed by atoms with E-state index in [0.29, 0.717) is 49.2 Å². The largest absolute Gasteiger partial charge is 0.490 e. The van der Waals surface area contributed by atoms with E-state index in [1.165, 1.54) is 0 Å². The molecule has 1 saturated heterocycles. The zero-order chi connectivity index (χ0) is 21.5. The SMILES string of the molecule is CCOc1cc(C(=O)N[C@@H]2CC(=O)N(c3ccccc3)C2)cc(OCC)c1OCC. The first-order valence-electron chi connectivity index (χ1n) is 10.3. The maximum Gasteiger partial charge on any atom is 0.251 e. The summed E-state index contributed by atoms with van der Waals surface area (Å²) in [4.78, 5) is 27.1. The number of ether oxygens (including phenoxy) is 3. The van der Waals surface area contributed by atoms with Crippen LogP contribution in [0.25, 0.3) is 0 Å². The predicted molar refractivity (Wildman–Crippen MR) is 115 cm³/mol. The quantitative estimate of drug-likeness (QED) is 0.683. The first kappa shape index (κ1) is 21.5. The average molecular weight is 412 g/mol. The number of nitrogens with one attached hydrogen (secondary N) is 1. The summed E-state index contributed by atoms with van der Waals surface area (Å²) in [7, 11) is 0. The van der Waals surface area contributed by atoms with Crippen molar-refractivity contribution in [3.8, 4) is 17.2 Å². The first-order valence-corrected chi connectivity index (χ1v) is 10.3. The van der Waals surface area contributed by atoms with E-state index in [2.05, 4.69) is 5.32 Å². The monoisotopic (exact) mass is 412 g/mol. The smallest absolute Gasteiger partial charge is 0.251 e. The van der Waals surface area contributed by atoms with Crippen molar-refractivity contribution in [3.05, 3.63) is 48.0 Å². The summed E-state index contributed by atoms with van der Waals surface area (Å²) >= 11 is 0. The molecule has 1 aliphatic rings. The van der Waals surface area contributed by atoms with E-state index < -0.39 is 0 Å². The maximum atomic E-state index is 12.9. The van der Waals surface area contributed by atoms with Crippen molar-refractivity contribution in [3.63, 3.8) is 0 Å². The van der Waals surface area contributed by atoms with Gasteiger partial charge in [-0.1, -0.05) is 18.2 Å². The number of benzene rings is 2. The minimum atomic E-state index is -0.285. The van der Waals surface area contributed by atoms with Crippen molar-refractivity contribution in [2.24, 2.45) is 0 Å². The van der Waals surface area contributed by atoms with Crippen LogP contribution >= 0.6 is 0 Å². The lowest BCUT2D eigenvalue weighted by Crippen LogP contribution is -2.37. The molecule has 2 aromatic carbocycles. The number of hydrogen-bond donors (Lipinski definition) is 1. The van der Waals surface area contributed by atoms with E-state index >= 15 is 0 Å². The second kappa shape index (κ2) is 10.0. The summed E-state index contributed by atoms with van der Waals surface area (Å²) in [6.07, 6.45) is 0.258. The average Bonchev–Trinajstić information content (AvgIpc) is 3.11. The van der Waals surface area contributed by atoms with Gasteiger partial charge >= 0.3 is 0 Å². The molecule has 0 unspecified atom stereocenters. The number of anilines is 1. The topological polar surface area (TPSA) is 77.1 Å². The van der Waals surface area contributed by atoms with Crippen LogP contribution in [0.15, 0.2) is 42.5 Å². The van der Waals surface area contributed by atoms with Gasteiger partial charge in [0.25, 0.3) is 5.91 Å². The number of carbonyl (C=O) groups excluding carboxylic acids is 2. The molecular weight excluding hydrogens is 384 g/mol. The Balaban J connectivity index is 1.78. The Bertz CT molecular complexity index is 857. The molecule has 30 heavy (non-hydrogen) atoms.